The maximum absolute atomic E-state index is 9.37. The fourth-order valence-electron chi connectivity index (χ4n) is 2.21. The van der Waals surface area contributed by atoms with Crippen molar-refractivity contribution in [3.8, 4) is 12.1 Å². The van der Waals surface area contributed by atoms with Gasteiger partial charge in [0.2, 0.25) is 0 Å². The molecule has 2 rings (SSSR count). The van der Waals surface area contributed by atoms with E-state index in [0.717, 1.165) is 5.56 Å². The lowest BCUT2D eigenvalue weighted by molar-refractivity contribution is 0.225. The van der Waals surface area contributed by atoms with Gasteiger partial charge in [0.1, 0.15) is 17.3 Å². The average molecular weight is 339 g/mol. The van der Waals surface area contributed by atoms with E-state index < -0.39 is 0 Å². The third-order valence-electron chi connectivity index (χ3n) is 3.35. The van der Waals surface area contributed by atoms with Crippen molar-refractivity contribution < 1.29 is 0 Å². The van der Waals surface area contributed by atoms with E-state index in [4.69, 9.17) is 28.5 Å². The summed E-state index contributed by atoms with van der Waals surface area (Å²) in [4.78, 5) is 1.75. The summed E-state index contributed by atoms with van der Waals surface area (Å²) in [6.45, 7) is 2.25. The van der Waals surface area contributed by atoms with Crippen molar-refractivity contribution in [2.75, 3.05) is 6.54 Å². The molecule has 0 radical (unpaired) electrons. The van der Waals surface area contributed by atoms with Gasteiger partial charge in [-0.3, -0.25) is 5.32 Å². The molecule has 1 aliphatic heterocycles. The van der Waals surface area contributed by atoms with Crippen molar-refractivity contribution in [2.24, 2.45) is 0 Å². The van der Waals surface area contributed by atoms with E-state index in [1.165, 1.54) is 0 Å². The van der Waals surface area contributed by atoms with Gasteiger partial charge >= 0.3 is 0 Å². The highest BCUT2D eigenvalue weighted by molar-refractivity contribution is 7.80. The van der Waals surface area contributed by atoms with Gasteiger partial charge in [-0.25, -0.2) is 0 Å². The topological polar surface area (TPSA) is 62.9 Å². The zero-order chi connectivity index (χ0) is 15.6. The predicted octanol–water partition coefficient (Wildman–Crippen LogP) is 3.47. The van der Waals surface area contributed by atoms with Crippen LogP contribution in [-0.4, -0.2) is 16.9 Å². The third-order valence-corrected chi connectivity index (χ3v) is 4.52. The van der Waals surface area contributed by atoms with Crippen molar-refractivity contribution in [2.45, 2.75) is 18.5 Å². The lowest BCUT2D eigenvalue weighted by Crippen LogP contribution is -2.47. The number of rotatable bonds is 2. The predicted molar refractivity (Wildman–Crippen MR) is 85.7 cm³/mol. The summed E-state index contributed by atoms with van der Waals surface area (Å²) in [6, 6.07) is 9.27. The van der Waals surface area contributed by atoms with E-state index in [0.29, 0.717) is 27.9 Å². The standard InChI is InChI=1S/C14H12Cl2N4S/c1-8(9-2-3-11(15)12(16)4-9)20-13(6-18)10(5-17)7-19-14(20)21/h2-4,8,14,19,21H,7H2,1H3. The van der Waals surface area contributed by atoms with Gasteiger partial charge in [0.05, 0.1) is 27.7 Å². The Morgan fingerprint density at radius 3 is 2.62 bits per heavy atom. The Labute approximate surface area is 139 Å². The van der Waals surface area contributed by atoms with Gasteiger partial charge in [-0.05, 0) is 24.6 Å². The number of nitrogens with zero attached hydrogens (tertiary/aromatic N) is 3. The van der Waals surface area contributed by atoms with Crippen molar-refractivity contribution in [1.29, 1.82) is 10.5 Å². The van der Waals surface area contributed by atoms with Crippen LogP contribution < -0.4 is 5.32 Å². The molecule has 0 fully saturated rings. The molecular weight excluding hydrogens is 327 g/mol. The van der Waals surface area contributed by atoms with E-state index in [-0.39, 0.29) is 11.5 Å². The Morgan fingerprint density at radius 2 is 2.05 bits per heavy atom. The Morgan fingerprint density at radius 1 is 1.33 bits per heavy atom. The molecule has 2 unspecified atom stereocenters. The van der Waals surface area contributed by atoms with Crippen LogP contribution in [0.5, 0.6) is 0 Å². The fraction of sp³-hybridized carbons (Fsp3) is 0.286. The minimum atomic E-state index is -0.360. The van der Waals surface area contributed by atoms with Crippen molar-refractivity contribution in [1.82, 2.24) is 10.2 Å². The quantitative estimate of drug-likeness (QED) is 0.810. The minimum Gasteiger partial charge on any atom is -0.331 e. The van der Waals surface area contributed by atoms with Gasteiger partial charge in [-0.1, -0.05) is 29.3 Å². The second kappa shape index (κ2) is 6.60. The third kappa shape index (κ3) is 3.12. The van der Waals surface area contributed by atoms with Gasteiger partial charge in [0, 0.05) is 6.54 Å². The second-order valence-electron chi connectivity index (χ2n) is 4.56. The maximum atomic E-state index is 9.37. The minimum absolute atomic E-state index is 0.187. The van der Waals surface area contributed by atoms with E-state index in [2.05, 4.69) is 30.1 Å². The smallest absolute Gasteiger partial charge is 0.133 e. The zero-order valence-corrected chi connectivity index (χ0v) is 13.5. The SMILES string of the molecule is CC(c1ccc(Cl)c(Cl)c1)N1C(C#N)=C(C#N)CNC1S. The molecule has 1 heterocycles. The number of allylic oxidation sites excluding steroid dienone is 1. The van der Waals surface area contributed by atoms with Crippen molar-refractivity contribution >= 4 is 35.8 Å². The highest BCUT2D eigenvalue weighted by Gasteiger charge is 2.30. The van der Waals surface area contributed by atoms with Crippen LogP contribution in [0.3, 0.4) is 0 Å². The number of nitrogens with one attached hydrogen (secondary N) is 1. The summed E-state index contributed by atoms with van der Waals surface area (Å²) in [5.41, 5.74) is 1.25. The lowest BCUT2D eigenvalue weighted by atomic mass is 10.0. The maximum Gasteiger partial charge on any atom is 0.133 e. The molecule has 0 saturated heterocycles. The highest BCUT2D eigenvalue weighted by Crippen LogP contribution is 2.33. The number of hydrogen-bond donors (Lipinski definition) is 2. The van der Waals surface area contributed by atoms with Crippen LogP contribution in [0.15, 0.2) is 29.5 Å². The van der Waals surface area contributed by atoms with E-state index in [1.807, 2.05) is 13.0 Å². The van der Waals surface area contributed by atoms with Gasteiger partial charge in [0.25, 0.3) is 0 Å². The summed E-state index contributed by atoms with van der Waals surface area (Å²) in [5, 5.41) is 22.5. The molecule has 0 aliphatic carbocycles. The molecular formula is C14H12Cl2N4S. The number of nitriles is 2. The van der Waals surface area contributed by atoms with Crippen LogP contribution in [0.2, 0.25) is 10.0 Å². The lowest BCUT2D eigenvalue weighted by Gasteiger charge is -2.39. The Bertz CT molecular complexity index is 675. The normalized spacial score (nSPS) is 19.9. The van der Waals surface area contributed by atoms with E-state index >= 15 is 0 Å². The van der Waals surface area contributed by atoms with Crippen molar-refractivity contribution in [3.63, 3.8) is 0 Å². The van der Waals surface area contributed by atoms with Crippen molar-refractivity contribution in [3.05, 3.63) is 45.1 Å². The van der Waals surface area contributed by atoms with Crippen LogP contribution in [0, 0.1) is 22.7 Å². The molecule has 0 spiro atoms. The van der Waals surface area contributed by atoms with Crippen LogP contribution >= 0.6 is 35.8 Å². The number of halogens is 2. The molecule has 108 valence electrons. The van der Waals surface area contributed by atoms with Gasteiger partial charge < -0.3 is 4.90 Å². The van der Waals surface area contributed by atoms with Gasteiger partial charge in [0.15, 0.2) is 0 Å². The first-order valence-corrected chi connectivity index (χ1v) is 7.45. The molecule has 4 nitrogen and oxygen atoms in total. The summed E-state index contributed by atoms with van der Waals surface area (Å²) >= 11 is 16.4. The monoisotopic (exact) mass is 338 g/mol. The van der Waals surface area contributed by atoms with Crippen LogP contribution in [-0.2, 0) is 0 Å². The Kier molecular flexibility index (Phi) is 5.03. The average Bonchev–Trinajstić information content (AvgIpc) is 2.48. The largest absolute Gasteiger partial charge is 0.331 e. The number of thiol groups is 1. The highest BCUT2D eigenvalue weighted by atomic mass is 35.5. The molecule has 0 aromatic heterocycles. The van der Waals surface area contributed by atoms with E-state index in [9.17, 15) is 5.26 Å². The Hall–Kier alpha value is -1.37. The molecule has 0 amide bonds. The molecule has 1 aromatic carbocycles. The van der Waals surface area contributed by atoms with Crippen LogP contribution in [0.1, 0.15) is 18.5 Å². The number of hydrogen-bond acceptors (Lipinski definition) is 5. The Balaban J connectivity index is 2.45. The molecule has 0 saturated carbocycles. The van der Waals surface area contributed by atoms with Crippen LogP contribution in [0.25, 0.3) is 0 Å². The molecule has 0 bridgehead atoms. The first kappa shape index (κ1) is 16.0. The van der Waals surface area contributed by atoms with E-state index in [1.54, 1.807) is 17.0 Å². The first-order chi connectivity index (χ1) is 9.99. The summed E-state index contributed by atoms with van der Waals surface area (Å²) < 4.78 is 0. The van der Waals surface area contributed by atoms with Gasteiger partial charge in [-0.15, -0.1) is 12.6 Å². The summed E-state index contributed by atoms with van der Waals surface area (Å²) in [6.07, 6.45) is 0. The molecule has 1 aromatic rings. The second-order valence-corrected chi connectivity index (χ2v) is 5.87. The first-order valence-electron chi connectivity index (χ1n) is 6.17. The fourth-order valence-corrected chi connectivity index (χ4v) is 2.92. The summed E-state index contributed by atoms with van der Waals surface area (Å²) in [7, 11) is 0. The van der Waals surface area contributed by atoms with Crippen LogP contribution in [0.4, 0.5) is 0 Å². The molecule has 7 heteroatoms. The molecule has 1 aliphatic rings. The van der Waals surface area contributed by atoms with Gasteiger partial charge in [-0.2, -0.15) is 10.5 Å². The zero-order valence-electron chi connectivity index (χ0n) is 11.1. The summed E-state index contributed by atoms with van der Waals surface area (Å²) in [5.74, 6) is 0. The molecule has 1 N–H and O–H groups in total. The molecule has 2 atom stereocenters. The number of benzene rings is 1. The molecule has 21 heavy (non-hydrogen) atoms.